The number of nitrogens with one attached hydrogen (secondary N) is 2. The summed E-state index contributed by atoms with van der Waals surface area (Å²) in [5.41, 5.74) is 3.06. The summed E-state index contributed by atoms with van der Waals surface area (Å²) in [6.45, 7) is 0. The lowest BCUT2D eigenvalue weighted by molar-refractivity contribution is -0.385. The number of sulfone groups is 2. The molecule has 14 nitrogen and oxygen atoms in total. The van der Waals surface area contributed by atoms with E-state index >= 15 is 0 Å². The zero-order valence-corrected chi connectivity index (χ0v) is 18.2. The van der Waals surface area contributed by atoms with Gasteiger partial charge in [-0.2, -0.15) is 0 Å². The molecule has 0 bridgehead atoms. The Morgan fingerprint density at radius 2 is 1.15 bits per heavy atom. The Hall–Kier alpha value is -4.44. The first kappa shape index (κ1) is 24.2. The van der Waals surface area contributed by atoms with Crippen LogP contribution in [0.5, 0.6) is 0 Å². The molecule has 0 aliphatic carbocycles. The molecule has 1 aliphatic rings. The van der Waals surface area contributed by atoms with E-state index in [2.05, 4.69) is 5.43 Å². The van der Waals surface area contributed by atoms with Crippen molar-refractivity contribution in [2.24, 2.45) is 0 Å². The van der Waals surface area contributed by atoms with Crippen LogP contribution in [0.15, 0.2) is 80.4 Å². The number of amides is 1. The van der Waals surface area contributed by atoms with E-state index in [9.17, 15) is 46.7 Å². The highest BCUT2D eigenvalue weighted by Crippen LogP contribution is 2.32. The first-order chi connectivity index (χ1) is 15.9. The Labute approximate surface area is 190 Å². The Kier molecular flexibility index (Phi) is 6.29. The fourth-order valence-electron chi connectivity index (χ4n) is 2.78. The topological polar surface area (TPSA) is 213 Å². The summed E-state index contributed by atoms with van der Waals surface area (Å²) in [6, 6.07) is 6.59. The van der Waals surface area contributed by atoms with Crippen LogP contribution in [0, 0.1) is 20.2 Å². The van der Waals surface area contributed by atoms with Gasteiger partial charge < -0.3 is 5.43 Å². The number of nitro benzene ring substituents is 2. The van der Waals surface area contributed by atoms with Crippen molar-refractivity contribution in [1.82, 2.24) is 10.9 Å². The second-order valence-electron chi connectivity index (χ2n) is 6.46. The van der Waals surface area contributed by atoms with Crippen LogP contribution in [-0.2, 0) is 29.3 Å². The van der Waals surface area contributed by atoms with Crippen LogP contribution < -0.4 is 10.9 Å². The quantitative estimate of drug-likeness (QED) is 0.314. The van der Waals surface area contributed by atoms with Gasteiger partial charge in [0.1, 0.15) is 4.91 Å². The molecule has 34 heavy (non-hydrogen) atoms. The number of hydrazine groups is 1. The number of rotatable bonds is 6. The highest BCUT2D eigenvalue weighted by molar-refractivity contribution is 8.00. The van der Waals surface area contributed by atoms with Crippen molar-refractivity contribution in [2.45, 2.75) is 9.79 Å². The van der Waals surface area contributed by atoms with Crippen LogP contribution in [0.25, 0.3) is 0 Å². The van der Waals surface area contributed by atoms with E-state index in [0.29, 0.717) is 6.08 Å². The SMILES string of the molecule is O=C1NN/C=C\C(S(=O)(=O)c2ccc([N+](=O)[O-])cc2)=C(\S(=O)(=O)c2ccc([N+](=O)[O-])cc2)C1=O. The highest BCUT2D eigenvalue weighted by atomic mass is 32.2. The number of nitrogens with zero attached hydrogens (tertiary/aromatic N) is 2. The number of allylic oxidation sites excluding steroid dienone is 1. The van der Waals surface area contributed by atoms with Gasteiger partial charge in [-0.05, 0) is 30.3 Å². The number of benzene rings is 2. The molecule has 1 heterocycles. The van der Waals surface area contributed by atoms with E-state index in [1.807, 2.05) is 5.43 Å². The standard InChI is InChI=1S/C18H12N4O10S2/c23-16-17(34(31,32)14-7-3-12(4-8-14)22(27)28)15(9-10-19-20-18(16)24)33(29,30)13-5-1-11(2-6-13)21(25)26/h1-10,19H,(H,20,24)/b10-9-,17-15-. The maximum absolute atomic E-state index is 13.3. The molecule has 0 saturated heterocycles. The summed E-state index contributed by atoms with van der Waals surface area (Å²) in [6.07, 6.45) is 1.57. The van der Waals surface area contributed by atoms with Gasteiger partial charge in [-0.25, -0.2) is 16.8 Å². The molecular formula is C18H12N4O10S2. The van der Waals surface area contributed by atoms with Gasteiger partial charge in [0.25, 0.3) is 17.2 Å². The summed E-state index contributed by atoms with van der Waals surface area (Å²) in [7, 11) is -9.83. The maximum atomic E-state index is 13.3. The smallest absolute Gasteiger partial charge is 0.306 e. The van der Waals surface area contributed by atoms with Crippen molar-refractivity contribution in [3.63, 3.8) is 0 Å². The van der Waals surface area contributed by atoms with E-state index in [1.54, 1.807) is 0 Å². The number of carbonyl (C=O) groups is 2. The molecule has 2 aromatic carbocycles. The fourth-order valence-corrected chi connectivity index (χ4v) is 6.17. The van der Waals surface area contributed by atoms with E-state index in [1.165, 1.54) is 0 Å². The maximum Gasteiger partial charge on any atom is 0.311 e. The lowest BCUT2D eigenvalue weighted by Crippen LogP contribution is -2.42. The number of carbonyl (C=O) groups excluding carboxylic acids is 2. The summed E-state index contributed by atoms with van der Waals surface area (Å²) in [5, 5.41) is 21.7. The van der Waals surface area contributed by atoms with Crippen molar-refractivity contribution >= 4 is 42.7 Å². The molecule has 3 rings (SSSR count). The normalized spacial score (nSPS) is 17.6. The number of nitro groups is 2. The van der Waals surface area contributed by atoms with Crippen LogP contribution in [0.4, 0.5) is 11.4 Å². The van der Waals surface area contributed by atoms with Crippen LogP contribution in [-0.4, -0.2) is 38.4 Å². The summed E-state index contributed by atoms with van der Waals surface area (Å²) >= 11 is 0. The van der Waals surface area contributed by atoms with Gasteiger partial charge in [0.05, 0.1) is 24.5 Å². The highest BCUT2D eigenvalue weighted by Gasteiger charge is 2.39. The molecule has 0 saturated carbocycles. The molecule has 1 aliphatic heterocycles. The monoisotopic (exact) mass is 508 g/mol. The summed E-state index contributed by atoms with van der Waals surface area (Å²) < 4.78 is 53.1. The average molecular weight is 508 g/mol. The number of Topliss-reactive ketones (excluding diaryl/α,β-unsaturated/α-hetero) is 1. The van der Waals surface area contributed by atoms with Crippen molar-refractivity contribution in [2.75, 3.05) is 0 Å². The molecule has 0 spiro atoms. The third-order valence-electron chi connectivity index (χ3n) is 4.41. The minimum atomic E-state index is -5.01. The van der Waals surface area contributed by atoms with Crippen molar-refractivity contribution < 1.29 is 36.3 Å². The average Bonchev–Trinajstić information content (AvgIpc) is 2.79. The number of hydrogen-bond donors (Lipinski definition) is 2. The molecule has 0 fully saturated rings. The molecule has 176 valence electrons. The van der Waals surface area contributed by atoms with Gasteiger partial charge in [-0.1, -0.05) is 0 Å². The van der Waals surface area contributed by atoms with E-state index in [0.717, 1.165) is 54.7 Å². The third kappa shape index (κ3) is 4.39. The molecule has 0 unspecified atom stereocenters. The second-order valence-corrected chi connectivity index (χ2v) is 10.3. The summed E-state index contributed by atoms with van der Waals surface area (Å²) in [5.74, 6) is -3.23. The van der Waals surface area contributed by atoms with Crippen LogP contribution in [0.2, 0.25) is 0 Å². The minimum absolute atomic E-state index is 0.447. The van der Waals surface area contributed by atoms with Crippen molar-refractivity contribution in [1.29, 1.82) is 0 Å². The predicted molar refractivity (Wildman–Crippen MR) is 113 cm³/mol. The van der Waals surface area contributed by atoms with Crippen LogP contribution >= 0.6 is 0 Å². The predicted octanol–water partition coefficient (Wildman–Crippen LogP) is 0.679. The molecule has 2 N–H and O–H groups in total. The summed E-state index contributed by atoms with van der Waals surface area (Å²) in [4.78, 5) is 41.2. The number of ketones is 1. The van der Waals surface area contributed by atoms with Crippen LogP contribution in [0.1, 0.15) is 0 Å². The fraction of sp³-hybridized carbons (Fsp3) is 0. The molecule has 0 aromatic heterocycles. The molecular weight excluding hydrogens is 496 g/mol. The zero-order valence-electron chi connectivity index (χ0n) is 16.6. The first-order valence-electron chi connectivity index (χ1n) is 8.87. The van der Waals surface area contributed by atoms with Crippen LogP contribution in [0.3, 0.4) is 0 Å². The Balaban J connectivity index is 2.31. The molecule has 16 heteroatoms. The van der Waals surface area contributed by atoms with E-state index in [4.69, 9.17) is 0 Å². The lowest BCUT2D eigenvalue weighted by Gasteiger charge is -2.16. The Morgan fingerprint density at radius 1 is 0.706 bits per heavy atom. The van der Waals surface area contributed by atoms with Gasteiger partial charge in [-0.15, -0.1) is 0 Å². The lowest BCUT2D eigenvalue weighted by atomic mass is 10.3. The first-order valence-corrected chi connectivity index (χ1v) is 11.8. The number of non-ortho nitro benzene ring substituents is 2. The van der Waals surface area contributed by atoms with Gasteiger partial charge in [0.15, 0.2) is 0 Å². The molecule has 1 amide bonds. The van der Waals surface area contributed by atoms with Gasteiger partial charge in [0, 0.05) is 30.5 Å². The van der Waals surface area contributed by atoms with E-state index < -0.39 is 72.2 Å². The number of hydrogen-bond acceptors (Lipinski definition) is 11. The Morgan fingerprint density at radius 3 is 1.59 bits per heavy atom. The van der Waals surface area contributed by atoms with Gasteiger partial charge >= 0.3 is 5.91 Å². The van der Waals surface area contributed by atoms with Gasteiger partial charge in [-0.3, -0.25) is 35.2 Å². The molecule has 0 atom stereocenters. The Bertz CT molecular complexity index is 1490. The second kappa shape index (κ2) is 8.83. The minimum Gasteiger partial charge on any atom is -0.306 e. The van der Waals surface area contributed by atoms with E-state index in [-0.39, 0.29) is 0 Å². The van der Waals surface area contributed by atoms with Gasteiger partial charge in [0.2, 0.25) is 19.7 Å². The van der Waals surface area contributed by atoms with Crippen molar-refractivity contribution in [3.8, 4) is 0 Å². The molecule has 0 radical (unpaired) electrons. The third-order valence-corrected chi connectivity index (χ3v) is 8.19. The van der Waals surface area contributed by atoms with Crippen molar-refractivity contribution in [3.05, 3.63) is 90.8 Å². The zero-order chi connectivity index (χ0) is 25.3. The largest absolute Gasteiger partial charge is 0.311 e. The molecule has 2 aromatic rings.